The van der Waals surface area contributed by atoms with Crippen molar-refractivity contribution in [2.75, 3.05) is 33.3 Å². The number of aryl methyl sites for hydroxylation is 2. The maximum absolute atomic E-state index is 5.65. The molecule has 1 aromatic heterocycles. The smallest absolute Gasteiger partial charge is 0.191 e. The van der Waals surface area contributed by atoms with E-state index in [9.17, 15) is 0 Å². The van der Waals surface area contributed by atoms with Crippen LogP contribution in [0.2, 0.25) is 0 Å². The molecular formula is C18H34IN5OS. The molecule has 1 aliphatic rings. The molecule has 2 heterocycles. The van der Waals surface area contributed by atoms with Crippen molar-refractivity contribution in [3.8, 4) is 0 Å². The van der Waals surface area contributed by atoms with E-state index < -0.39 is 0 Å². The van der Waals surface area contributed by atoms with Gasteiger partial charge in [0.25, 0.3) is 0 Å². The average Bonchev–Trinajstić information content (AvgIpc) is 2.90. The maximum Gasteiger partial charge on any atom is 0.191 e. The standard InChI is InChI=1S/C18H33N5OS.HI/c1-13(2)24-11-10-23-8-6-16(7-9-23)22-18(19-5)20-12-17-14(3)21-15(4)25-17;/h13,16H,6-12H2,1-5H3,(H2,19,20,22);1H. The molecule has 0 aliphatic carbocycles. The van der Waals surface area contributed by atoms with Crippen LogP contribution in [0.25, 0.3) is 0 Å². The number of thiazole rings is 1. The van der Waals surface area contributed by atoms with E-state index in [-0.39, 0.29) is 24.0 Å². The molecule has 0 radical (unpaired) electrons. The normalized spacial score (nSPS) is 16.6. The van der Waals surface area contributed by atoms with Gasteiger partial charge in [-0.05, 0) is 40.5 Å². The van der Waals surface area contributed by atoms with Crippen molar-refractivity contribution >= 4 is 41.3 Å². The first-order chi connectivity index (χ1) is 12.0. The van der Waals surface area contributed by atoms with Gasteiger partial charge < -0.3 is 20.3 Å². The van der Waals surface area contributed by atoms with Crippen molar-refractivity contribution in [3.63, 3.8) is 0 Å². The van der Waals surface area contributed by atoms with Gasteiger partial charge in [0.15, 0.2) is 5.96 Å². The second-order valence-electron chi connectivity index (χ2n) is 6.85. The summed E-state index contributed by atoms with van der Waals surface area (Å²) in [6.07, 6.45) is 2.60. The number of aromatic nitrogens is 1. The van der Waals surface area contributed by atoms with Crippen LogP contribution in [-0.2, 0) is 11.3 Å². The lowest BCUT2D eigenvalue weighted by Gasteiger charge is -2.33. The zero-order chi connectivity index (χ0) is 18.2. The monoisotopic (exact) mass is 495 g/mol. The minimum Gasteiger partial charge on any atom is -0.377 e. The van der Waals surface area contributed by atoms with Crippen LogP contribution in [-0.4, -0.2) is 61.3 Å². The Morgan fingerprint density at radius 1 is 1.35 bits per heavy atom. The summed E-state index contributed by atoms with van der Waals surface area (Å²) in [6.45, 7) is 13.2. The van der Waals surface area contributed by atoms with Gasteiger partial charge >= 0.3 is 0 Å². The van der Waals surface area contributed by atoms with E-state index in [0.717, 1.165) is 62.3 Å². The predicted octanol–water partition coefficient (Wildman–Crippen LogP) is 2.93. The number of nitrogens with zero attached hydrogens (tertiary/aromatic N) is 3. The van der Waals surface area contributed by atoms with Crippen molar-refractivity contribution in [3.05, 3.63) is 15.6 Å². The molecule has 2 N–H and O–H groups in total. The summed E-state index contributed by atoms with van der Waals surface area (Å²) in [5.41, 5.74) is 1.11. The fourth-order valence-electron chi connectivity index (χ4n) is 3.01. The number of rotatable bonds is 7. The van der Waals surface area contributed by atoms with Crippen LogP contribution in [0.1, 0.15) is 42.3 Å². The van der Waals surface area contributed by atoms with E-state index in [0.29, 0.717) is 12.1 Å². The molecule has 26 heavy (non-hydrogen) atoms. The molecule has 0 amide bonds. The van der Waals surface area contributed by atoms with Gasteiger partial charge in [0.05, 0.1) is 30.0 Å². The molecule has 8 heteroatoms. The van der Waals surface area contributed by atoms with Gasteiger partial charge in [-0.15, -0.1) is 35.3 Å². The second-order valence-corrected chi connectivity index (χ2v) is 8.13. The Morgan fingerprint density at radius 2 is 2.04 bits per heavy atom. The van der Waals surface area contributed by atoms with Crippen molar-refractivity contribution < 1.29 is 4.74 Å². The lowest BCUT2D eigenvalue weighted by molar-refractivity contribution is 0.0532. The van der Waals surface area contributed by atoms with Gasteiger partial charge in [0, 0.05) is 37.6 Å². The Bertz CT molecular complexity index is 556. The summed E-state index contributed by atoms with van der Waals surface area (Å²) >= 11 is 1.75. The van der Waals surface area contributed by atoms with E-state index in [4.69, 9.17) is 4.74 Å². The quantitative estimate of drug-likeness (QED) is 0.346. The summed E-state index contributed by atoms with van der Waals surface area (Å²) in [7, 11) is 1.83. The number of guanidine groups is 1. The lowest BCUT2D eigenvalue weighted by atomic mass is 10.1. The van der Waals surface area contributed by atoms with Crippen molar-refractivity contribution in [2.45, 2.75) is 59.2 Å². The number of ether oxygens (including phenoxy) is 1. The number of nitrogens with one attached hydrogen (secondary N) is 2. The van der Waals surface area contributed by atoms with Gasteiger partial charge in [0.1, 0.15) is 0 Å². The molecule has 6 nitrogen and oxygen atoms in total. The van der Waals surface area contributed by atoms with E-state index in [1.54, 1.807) is 11.3 Å². The lowest BCUT2D eigenvalue weighted by Crippen LogP contribution is -2.48. The largest absolute Gasteiger partial charge is 0.377 e. The van der Waals surface area contributed by atoms with Crippen LogP contribution in [0.5, 0.6) is 0 Å². The van der Waals surface area contributed by atoms with E-state index in [1.165, 1.54) is 4.88 Å². The zero-order valence-corrected chi connectivity index (χ0v) is 19.8. The highest BCUT2D eigenvalue weighted by Gasteiger charge is 2.20. The Labute approximate surface area is 179 Å². The summed E-state index contributed by atoms with van der Waals surface area (Å²) in [6, 6.07) is 0.484. The summed E-state index contributed by atoms with van der Waals surface area (Å²) in [5, 5.41) is 8.10. The maximum atomic E-state index is 5.65. The SMILES string of the molecule is CN=C(NCc1sc(C)nc1C)NC1CCN(CCOC(C)C)CC1.I. The molecule has 0 bridgehead atoms. The highest BCUT2D eigenvalue weighted by Crippen LogP contribution is 2.16. The third-order valence-electron chi connectivity index (χ3n) is 4.43. The van der Waals surface area contributed by atoms with Crippen LogP contribution in [0, 0.1) is 13.8 Å². The van der Waals surface area contributed by atoms with Gasteiger partial charge in [-0.2, -0.15) is 0 Å². The zero-order valence-electron chi connectivity index (χ0n) is 16.7. The Hall–Kier alpha value is -0.450. The van der Waals surface area contributed by atoms with Crippen LogP contribution >= 0.6 is 35.3 Å². The molecule has 2 rings (SSSR count). The van der Waals surface area contributed by atoms with Crippen LogP contribution < -0.4 is 10.6 Å². The average molecular weight is 495 g/mol. The summed E-state index contributed by atoms with van der Waals surface area (Å²) in [5.74, 6) is 0.882. The van der Waals surface area contributed by atoms with Crippen LogP contribution in [0.4, 0.5) is 0 Å². The molecule has 1 aliphatic heterocycles. The molecule has 0 aromatic carbocycles. The molecule has 0 spiro atoms. The van der Waals surface area contributed by atoms with Gasteiger partial charge in [0.2, 0.25) is 0 Å². The van der Waals surface area contributed by atoms with E-state index >= 15 is 0 Å². The summed E-state index contributed by atoms with van der Waals surface area (Å²) in [4.78, 5) is 12.6. The minimum atomic E-state index is 0. The number of aliphatic imine (C=N–C) groups is 1. The topological polar surface area (TPSA) is 61.8 Å². The number of halogens is 1. The first-order valence-corrected chi connectivity index (χ1v) is 10.0. The Morgan fingerprint density at radius 3 is 2.58 bits per heavy atom. The Balaban J connectivity index is 0.00000338. The number of piperidine rings is 1. The number of hydrogen-bond donors (Lipinski definition) is 2. The predicted molar refractivity (Wildman–Crippen MR) is 121 cm³/mol. The van der Waals surface area contributed by atoms with E-state index in [2.05, 4.69) is 46.3 Å². The molecule has 0 atom stereocenters. The number of likely N-dealkylation sites (tertiary alicyclic amines) is 1. The second kappa shape index (κ2) is 12.1. The fourth-order valence-corrected chi connectivity index (χ4v) is 3.88. The van der Waals surface area contributed by atoms with Gasteiger partial charge in [-0.1, -0.05) is 0 Å². The van der Waals surface area contributed by atoms with E-state index in [1.807, 2.05) is 14.0 Å². The van der Waals surface area contributed by atoms with Crippen molar-refractivity contribution in [1.82, 2.24) is 20.5 Å². The van der Waals surface area contributed by atoms with Gasteiger partial charge in [-0.25, -0.2) is 4.98 Å². The first-order valence-electron chi connectivity index (χ1n) is 9.22. The van der Waals surface area contributed by atoms with Crippen LogP contribution in [0.3, 0.4) is 0 Å². The van der Waals surface area contributed by atoms with Crippen LogP contribution in [0.15, 0.2) is 4.99 Å². The molecule has 0 saturated carbocycles. The fraction of sp³-hybridized carbons (Fsp3) is 0.778. The molecular weight excluding hydrogens is 461 g/mol. The molecule has 0 unspecified atom stereocenters. The molecule has 1 saturated heterocycles. The summed E-state index contributed by atoms with van der Waals surface area (Å²) < 4.78 is 5.65. The highest BCUT2D eigenvalue weighted by molar-refractivity contribution is 14.0. The Kier molecular flexibility index (Phi) is 11.0. The highest BCUT2D eigenvalue weighted by atomic mass is 127. The van der Waals surface area contributed by atoms with Crippen molar-refractivity contribution in [2.24, 2.45) is 4.99 Å². The third-order valence-corrected chi connectivity index (χ3v) is 5.50. The first kappa shape index (κ1) is 23.6. The molecule has 1 fully saturated rings. The molecule has 150 valence electrons. The number of hydrogen-bond acceptors (Lipinski definition) is 5. The third kappa shape index (κ3) is 8.06. The van der Waals surface area contributed by atoms with Crippen molar-refractivity contribution in [1.29, 1.82) is 0 Å². The minimum absolute atomic E-state index is 0. The van der Waals surface area contributed by atoms with Gasteiger partial charge in [-0.3, -0.25) is 4.99 Å². The molecule has 1 aromatic rings.